The third-order valence-corrected chi connectivity index (χ3v) is 4.86. The van der Waals surface area contributed by atoms with Gasteiger partial charge in [0.25, 0.3) is 0 Å². The first-order valence-corrected chi connectivity index (χ1v) is 8.41. The second kappa shape index (κ2) is 6.54. The lowest BCUT2D eigenvalue weighted by molar-refractivity contribution is -0.117. The number of hydrogen-bond acceptors (Lipinski definition) is 5. The van der Waals surface area contributed by atoms with Crippen LogP contribution in [0.1, 0.15) is 13.3 Å². The fourth-order valence-electron chi connectivity index (χ4n) is 2.72. The fourth-order valence-corrected chi connectivity index (χ4v) is 3.41. The van der Waals surface area contributed by atoms with E-state index in [1.165, 1.54) is 11.8 Å². The summed E-state index contributed by atoms with van der Waals surface area (Å²) in [6.07, 6.45) is 3.95. The smallest absolute Gasteiger partial charge is 0.228 e. The van der Waals surface area contributed by atoms with Gasteiger partial charge in [0.2, 0.25) is 5.91 Å². The van der Waals surface area contributed by atoms with Gasteiger partial charge in [0.15, 0.2) is 5.12 Å². The van der Waals surface area contributed by atoms with Crippen LogP contribution in [0, 0.1) is 5.92 Å². The Labute approximate surface area is 138 Å². The number of pyridine rings is 1. The van der Waals surface area contributed by atoms with Crippen LogP contribution in [0.25, 0.3) is 11.3 Å². The van der Waals surface area contributed by atoms with Crippen LogP contribution in [-0.2, 0) is 16.6 Å². The molecular weight excluding hydrogens is 312 g/mol. The van der Waals surface area contributed by atoms with E-state index in [-0.39, 0.29) is 16.9 Å². The third kappa shape index (κ3) is 3.44. The molecule has 0 radical (unpaired) electrons. The van der Waals surface area contributed by atoms with Gasteiger partial charge in [0, 0.05) is 56.7 Å². The molecule has 2 aromatic heterocycles. The molecule has 6 nitrogen and oxygen atoms in total. The zero-order valence-corrected chi connectivity index (χ0v) is 13.9. The first-order valence-electron chi connectivity index (χ1n) is 7.42. The maximum Gasteiger partial charge on any atom is 0.228 e. The Morgan fingerprint density at radius 2 is 2.30 bits per heavy atom. The predicted molar refractivity (Wildman–Crippen MR) is 90.0 cm³/mol. The summed E-state index contributed by atoms with van der Waals surface area (Å²) in [6.45, 7) is 2.19. The number of hydrogen-bond donors (Lipinski definition) is 0. The largest absolute Gasteiger partial charge is 0.297 e. The quantitative estimate of drug-likeness (QED) is 0.859. The molecule has 1 aliphatic rings. The van der Waals surface area contributed by atoms with Crippen molar-refractivity contribution in [2.24, 2.45) is 13.0 Å². The average molecular weight is 330 g/mol. The minimum atomic E-state index is 0.0832. The Morgan fingerprint density at radius 1 is 1.48 bits per heavy atom. The highest BCUT2D eigenvalue weighted by atomic mass is 32.2. The molecule has 1 aliphatic heterocycles. The first-order chi connectivity index (χ1) is 11.0. The van der Waals surface area contributed by atoms with Crippen LogP contribution in [0.4, 0.5) is 5.82 Å². The molecule has 3 heterocycles. The molecule has 7 heteroatoms. The van der Waals surface area contributed by atoms with Gasteiger partial charge in [-0.15, -0.1) is 0 Å². The average Bonchev–Trinajstić information content (AvgIpc) is 3.09. The molecule has 0 bridgehead atoms. The Morgan fingerprint density at radius 3 is 3.00 bits per heavy atom. The Hall–Kier alpha value is -2.15. The Bertz CT molecular complexity index is 729. The van der Waals surface area contributed by atoms with Crippen LogP contribution in [0.5, 0.6) is 0 Å². The van der Waals surface area contributed by atoms with Crippen molar-refractivity contribution in [2.45, 2.75) is 13.3 Å². The van der Waals surface area contributed by atoms with Crippen molar-refractivity contribution in [3.05, 3.63) is 30.6 Å². The summed E-state index contributed by atoms with van der Waals surface area (Å²) in [5, 5.41) is 4.58. The standard InChI is InChI=1S/C16H18N4O2S/c1-11(21)23-10-12-6-16(22)20(9-12)15-7-14(18-19(15)2)13-4-3-5-17-8-13/h3-5,7-8,12H,6,9-10H2,1-2H3. The first kappa shape index (κ1) is 15.7. The molecule has 0 aromatic carbocycles. The van der Waals surface area contributed by atoms with Gasteiger partial charge in [0.05, 0.1) is 5.69 Å². The zero-order chi connectivity index (χ0) is 16.4. The Kier molecular flexibility index (Phi) is 4.47. The molecular formula is C16H18N4O2S. The molecule has 23 heavy (non-hydrogen) atoms. The van der Waals surface area contributed by atoms with Gasteiger partial charge >= 0.3 is 0 Å². The van der Waals surface area contributed by atoms with Crippen molar-refractivity contribution in [2.75, 3.05) is 17.2 Å². The van der Waals surface area contributed by atoms with Crippen LogP contribution in [0.2, 0.25) is 0 Å². The number of nitrogens with zero attached hydrogens (tertiary/aromatic N) is 4. The van der Waals surface area contributed by atoms with Gasteiger partial charge in [-0.1, -0.05) is 11.8 Å². The summed E-state index contributed by atoms with van der Waals surface area (Å²) in [5.41, 5.74) is 1.72. The van der Waals surface area contributed by atoms with E-state index >= 15 is 0 Å². The van der Waals surface area contributed by atoms with Crippen molar-refractivity contribution in [3.8, 4) is 11.3 Å². The van der Waals surface area contributed by atoms with E-state index < -0.39 is 0 Å². The van der Waals surface area contributed by atoms with Crippen LogP contribution in [-0.4, -0.2) is 38.1 Å². The molecule has 0 saturated carbocycles. The van der Waals surface area contributed by atoms with Crippen LogP contribution < -0.4 is 4.90 Å². The van der Waals surface area contributed by atoms with Gasteiger partial charge < -0.3 is 0 Å². The van der Waals surface area contributed by atoms with E-state index in [0.717, 1.165) is 17.1 Å². The number of rotatable bonds is 4. The summed E-state index contributed by atoms with van der Waals surface area (Å²) in [6, 6.07) is 5.71. The van der Waals surface area contributed by atoms with Crippen molar-refractivity contribution in [1.82, 2.24) is 14.8 Å². The minimum absolute atomic E-state index is 0.0832. The van der Waals surface area contributed by atoms with Crippen LogP contribution in [0.3, 0.4) is 0 Å². The number of aryl methyl sites for hydroxylation is 1. The second-order valence-corrected chi connectivity index (χ2v) is 6.83. The van der Waals surface area contributed by atoms with E-state index in [1.807, 2.05) is 25.2 Å². The van der Waals surface area contributed by atoms with E-state index in [1.54, 1.807) is 28.9 Å². The molecule has 1 fully saturated rings. The van der Waals surface area contributed by atoms with Gasteiger partial charge in [-0.05, 0) is 18.1 Å². The second-order valence-electron chi connectivity index (χ2n) is 5.63. The van der Waals surface area contributed by atoms with E-state index in [9.17, 15) is 9.59 Å². The van der Waals surface area contributed by atoms with E-state index in [2.05, 4.69) is 10.1 Å². The molecule has 120 valence electrons. The number of thioether (sulfide) groups is 1. The predicted octanol–water partition coefficient (Wildman–Crippen LogP) is 2.11. The molecule has 2 aromatic rings. The van der Waals surface area contributed by atoms with E-state index in [0.29, 0.717) is 18.7 Å². The summed E-state index contributed by atoms with van der Waals surface area (Å²) >= 11 is 1.29. The molecule has 1 atom stereocenters. The fraction of sp³-hybridized carbons (Fsp3) is 0.375. The number of carbonyl (C=O) groups is 2. The van der Waals surface area contributed by atoms with Crippen LogP contribution >= 0.6 is 11.8 Å². The molecule has 3 rings (SSSR count). The lowest BCUT2D eigenvalue weighted by Crippen LogP contribution is -2.26. The molecule has 1 unspecified atom stereocenters. The maximum absolute atomic E-state index is 12.3. The Balaban J connectivity index is 1.78. The maximum atomic E-state index is 12.3. The number of aromatic nitrogens is 3. The van der Waals surface area contributed by atoms with Crippen molar-refractivity contribution in [1.29, 1.82) is 0 Å². The lowest BCUT2D eigenvalue weighted by atomic mass is 10.1. The monoisotopic (exact) mass is 330 g/mol. The normalized spacial score (nSPS) is 17.7. The van der Waals surface area contributed by atoms with Crippen molar-refractivity contribution in [3.63, 3.8) is 0 Å². The van der Waals surface area contributed by atoms with Gasteiger partial charge in [0.1, 0.15) is 5.82 Å². The number of carbonyl (C=O) groups excluding carboxylic acids is 2. The third-order valence-electron chi connectivity index (χ3n) is 3.82. The highest BCUT2D eigenvalue weighted by molar-refractivity contribution is 8.13. The molecule has 1 saturated heterocycles. The van der Waals surface area contributed by atoms with Gasteiger partial charge in [-0.25, -0.2) is 0 Å². The minimum Gasteiger partial charge on any atom is -0.297 e. The van der Waals surface area contributed by atoms with Crippen molar-refractivity contribution < 1.29 is 9.59 Å². The lowest BCUT2D eigenvalue weighted by Gasteiger charge is -2.16. The van der Waals surface area contributed by atoms with Crippen LogP contribution in [0.15, 0.2) is 30.6 Å². The van der Waals surface area contributed by atoms with Crippen molar-refractivity contribution >= 4 is 28.6 Å². The highest BCUT2D eigenvalue weighted by Crippen LogP contribution is 2.29. The summed E-state index contributed by atoms with van der Waals surface area (Å²) in [4.78, 5) is 29.3. The SMILES string of the molecule is CC(=O)SCC1CC(=O)N(c2cc(-c3cccnc3)nn2C)C1. The van der Waals surface area contributed by atoms with Gasteiger partial charge in [-0.3, -0.25) is 24.2 Å². The highest BCUT2D eigenvalue weighted by Gasteiger charge is 2.32. The van der Waals surface area contributed by atoms with E-state index in [4.69, 9.17) is 0 Å². The molecule has 0 aliphatic carbocycles. The summed E-state index contributed by atoms with van der Waals surface area (Å²) < 4.78 is 1.72. The zero-order valence-electron chi connectivity index (χ0n) is 13.1. The van der Waals surface area contributed by atoms with Gasteiger partial charge in [-0.2, -0.15) is 5.10 Å². The molecule has 0 N–H and O–H groups in total. The number of anilines is 1. The summed E-state index contributed by atoms with van der Waals surface area (Å²) in [7, 11) is 1.83. The molecule has 0 spiro atoms. The molecule has 1 amide bonds. The summed E-state index contributed by atoms with van der Waals surface area (Å²) in [5.74, 6) is 1.75. The topological polar surface area (TPSA) is 68.1 Å². The number of amides is 1.